The number of hydrogen-bond donors (Lipinski definition) is 0. The van der Waals surface area contributed by atoms with Crippen LogP contribution in [0.1, 0.15) is 39.0 Å². The van der Waals surface area contributed by atoms with Gasteiger partial charge in [-0.1, -0.05) is 61.9 Å². The fraction of sp³-hybridized carbons (Fsp3) is 0.412. The number of hydrogen-bond acceptors (Lipinski definition) is 4. The Morgan fingerprint density at radius 1 is 1.00 bits per heavy atom. The molecule has 0 saturated carbocycles. The molecule has 0 N–H and O–H groups in total. The Hall–Kier alpha value is -1.52. The summed E-state index contributed by atoms with van der Waals surface area (Å²) in [4.78, 5) is 23.1. The summed E-state index contributed by atoms with van der Waals surface area (Å²) in [6, 6.07) is 4.73. The zero-order chi connectivity index (χ0) is 17.1. The molecule has 0 amide bonds. The topological polar surface area (TPSA) is 52.6 Å². The van der Waals surface area contributed by atoms with Crippen molar-refractivity contribution in [3.8, 4) is 5.75 Å². The number of esters is 2. The van der Waals surface area contributed by atoms with Crippen molar-refractivity contribution in [2.24, 2.45) is 0 Å². The minimum absolute atomic E-state index is 0.0646. The van der Waals surface area contributed by atoms with E-state index in [2.05, 4.69) is 6.92 Å². The maximum atomic E-state index is 11.6. The number of halogens is 2. The molecule has 0 aliphatic heterocycles. The molecule has 6 heteroatoms. The van der Waals surface area contributed by atoms with Crippen LogP contribution in [-0.4, -0.2) is 18.5 Å². The largest absolute Gasteiger partial charge is 0.463 e. The quantitative estimate of drug-likeness (QED) is 0.270. The van der Waals surface area contributed by atoms with Crippen LogP contribution in [0.4, 0.5) is 0 Å². The van der Waals surface area contributed by atoms with Crippen LogP contribution in [-0.2, 0) is 14.3 Å². The number of ether oxygens (including phenoxy) is 2. The molecular weight excluding hydrogens is 339 g/mol. The minimum Gasteiger partial charge on any atom is -0.463 e. The molecule has 1 aromatic rings. The van der Waals surface area contributed by atoms with Gasteiger partial charge in [-0.15, -0.1) is 0 Å². The molecule has 0 aliphatic carbocycles. The standard InChI is InChI=1S/C17H20Cl2O4/c1-2-3-4-5-6-12-22-15(20)10-11-16(21)23-17-13(18)8-7-9-14(17)19/h7-11H,2-6,12H2,1H3/b11-10+. The highest BCUT2D eigenvalue weighted by molar-refractivity contribution is 6.37. The molecule has 0 atom stereocenters. The maximum absolute atomic E-state index is 11.6. The van der Waals surface area contributed by atoms with Gasteiger partial charge in [-0.25, -0.2) is 9.59 Å². The molecule has 4 nitrogen and oxygen atoms in total. The fourth-order valence-electron chi connectivity index (χ4n) is 1.78. The predicted octanol–water partition coefficient (Wildman–Crippen LogP) is 4.97. The van der Waals surface area contributed by atoms with Crippen LogP contribution >= 0.6 is 23.2 Å². The molecule has 0 saturated heterocycles. The van der Waals surface area contributed by atoms with Gasteiger partial charge >= 0.3 is 11.9 Å². The molecule has 126 valence electrons. The second-order valence-corrected chi connectivity index (χ2v) is 5.70. The van der Waals surface area contributed by atoms with E-state index in [9.17, 15) is 9.59 Å². The lowest BCUT2D eigenvalue weighted by molar-refractivity contribution is -0.138. The van der Waals surface area contributed by atoms with Crippen molar-refractivity contribution in [1.29, 1.82) is 0 Å². The van der Waals surface area contributed by atoms with Crippen LogP contribution in [0.15, 0.2) is 30.4 Å². The lowest BCUT2D eigenvalue weighted by Crippen LogP contribution is -2.07. The Balaban J connectivity index is 2.33. The highest BCUT2D eigenvalue weighted by Crippen LogP contribution is 2.32. The van der Waals surface area contributed by atoms with Gasteiger partial charge < -0.3 is 9.47 Å². The molecule has 0 bridgehead atoms. The second-order valence-electron chi connectivity index (χ2n) is 4.89. The lowest BCUT2D eigenvalue weighted by atomic mass is 10.2. The van der Waals surface area contributed by atoms with Gasteiger partial charge in [-0.05, 0) is 18.6 Å². The number of para-hydroxylation sites is 1. The highest BCUT2D eigenvalue weighted by atomic mass is 35.5. The minimum atomic E-state index is -0.750. The van der Waals surface area contributed by atoms with E-state index in [1.165, 1.54) is 12.8 Å². The van der Waals surface area contributed by atoms with Crippen molar-refractivity contribution < 1.29 is 19.1 Å². The van der Waals surface area contributed by atoms with Crippen LogP contribution in [0.2, 0.25) is 10.0 Å². The van der Waals surface area contributed by atoms with E-state index in [1.54, 1.807) is 18.2 Å². The molecule has 0 fully saturated rings. The summed E-state index contributed by atoms with van der Waals surface area (Å²) in [6.07, 6.45) is 7.34. The first-order valence-corrected chi connectivity index (χ1v) is 8.30. The van der Waals surface area contributed by atoms with Gasteiger partial charge in [0.1, 0.15) is 0 Å². The molecule has 23 heavy (non-hydrogen) atoms. The zero-order valence-electron chi connectivity index (χ0n) is 13.0. The highest BCUT2D eigenvalue weighted by Gasteiger charge is 2.10. The first-order valence-electron chi connectivity index (χ1n) is 7.55. The van der Waals surface area contributed by atoms with Crippen LogP contribution in [0.5, 0.6) is 5.75 Å². The number of unbranched alkanes of at least 4 members (excludes halogenated alkanes) is 4. The third kappa shape index (κ3) is 8.05. The Morgan fingerprint density at radius 2 is 1.61 bits per heavy atom. The van der Waals surface area contributed by atoms with Crippen molar-refractivity contribution in [2.45, 2.75) is 39.0 Å². The van der Waals surface area contributed by atoms with E-state index in [1.807, 2.05) is 0 Å². The second kappa shape index (κ2) is 11.1. The Morgan fingerprint density at radius 3 is 2.26 bits per heavy atom. The van der Waals surface area contributed by atoms with Gasteiger partial charge in [-0.3, -0.25) is 0 Å². The van der Waals surface area contributed by atoms with Gasteiger partial charge in [0.05, 0.1) is 16.7 Å². The first kappa shape index (κ1) is 19.5. The van der Waals surface area contributed by atoms with Crippen LogP contribution in [0, 0.1) is 0 Å². The summed E-state index contributed by atoms with van der Waals surface area (Å²) in [5, 5.41) is 0.433. The van der Waals surface area contributed by atoms with Gasteiger partial charge in [0.2, 0.25) is 0 Å². The van der Waals surface area contributed by atoms with Crippen molar-refractivity contribution in [1.82, 2.24) is 0 Å². The monoisotopic (exact) mass is 358 g/mol. The molecule has 0 aliphatic rings. The van der Waals surface area contributed by atoms with E-state index >= 15 is 0 Å². The number of carbonyl (C=O) groups excluding carboxylic acids is 2. The number of carbonyl (C=O) groups is 2. The molecular formula is C17H20Cl2O4. The average Bonchev–Trinajstić information content (AvgIpc) is 2.52. The molecule has 0 spiro atoms. The van der Waals surface area contributed by atoms with Gasteiger partial charge in [0.15, 0.2) is 5.75 Å². The van der Waals surface area contributed by atoms with E-state index in [-0.39, 0.29) is 15.8 Å². The molecule has 0 heterocycles. The van der Waals surface area contributed by atoms with Gasteiger partial charge in [0.25, 0.3) is 0 Å². The summed E-state index contributed by atoms with van der Waals surface area (Å²) in [7, 11) is 0. The summed E-state index contributed by atoms with van der Waals surface area (Å²) in [5.74, 6) is -1.27. The molecule has 1 rings (SSSR count). The Bertz CT molecular complexity index is 535. The summed E-state index contributed by atoms with van der Waals surface area (Å²) in [5.41, 5.74) is 0. The van der Waals surface area contributed by atoms with Crippen LogP contribution < -0.4 is 4.74 Å². The van der Waals surface area contributed by atoms with E-state index in [0.29, 0.717) is 6.61 Å². The zero-order valence-corrected chi connectivity index (χ0v) is 14.5. The summed E-state index contributed by atoms with van der Waals surface area (Å²) >= 11 is 11.8. The first-order chi connectivity index (χ1) is 11.0. The molecule has 0 aromatic heterocycles. The third-order valence-corrected chi connectivity index (χ3v) is 3.56. The third-order valence-electron chi connectivity index (χ3n) is 2.97. The average molecular weight is 359 g/mol. The number of rotatable bonds is 9. The molecule has 1 aromatic carbocycles. The lowest BCUT2D eigenvalue weighted by Gasteiger charge is -2.05. The van der Waals surface area contributed by atoms with Crippen molar-refractivity contribution in [3.05, 3.63) is 40.4 Å². The summed E-state index contributed by atoms with van der Waals surface area (Å²) < 4.78 is 9.98. The SMILES string of the molecule is CCCCCCCOC(=O)/C=C/C(=O)Oc1c(Cl)cccc1Cl. The van der Waals surface area contributed by atoms with Gasteiger partial charge in [-0.2, -0.15) is 0 Å². The van der Waals surface area contributed by atoms with E-state index in [4.69, 9.17) is 32.7 Å². The smallest absolute Gasteiger partial charge is 0.336 e. The van der Waals surface area contributed by atoms with Crippen LogP contribution in [0.3, 0.4) is 0 Å². The normalized spacial score (nSPS) is 10.7. The van der Waals surface area contributed by atoms with Crippen molar-refractivity contribution >= 4 is 35.1 Å². The van der Waals surface area contributed by atoms with Crippen LogP contribution in [0.25, 0.3) is 0 Å². The Kier molecular flexibility index (Phi) is 9.41. The molecule has 0 radical (unpaired) electrons. The molecule has 0 unspecified atom stereocenters. The predicted molar refractivity (Wildman–Crippen MR) is 91.0 cm³/mol. The number of benzene rings is 1. The van der Waals surface area contributed by atoms with E-state index < -0.39 is 11.9 Å². The fourth-order valence-corrected chi connectivity index (χ4v) is 2.25. The van der Waals surface area contributed by atoms with Crippen molar-refractivity contribution in [3.63, 3.8) is 0 Å². The maximum Gasteiger partial charge on any atom is 0.336 e. The van der Waals surface area contributed by atoms with Gasteiger partial charge in [0, 0.05) is 12.2 Å². The van der Waals surface area contributed by atoms with Crippen molar-refractivity contribution in [2.75, 3.05) is 6.61 Å². The Labute approximate surface area is 146 Å². The van der Waals surface area contributed by atoms with E-state index in [0.717, 1.165) is 31.4 Å². The summed E-state index contributed by atoms with van der Waals surface area (Å²) in [6.45, 7) is 2.48.